The third-order valence-corrected chi connectivity index (χ3v) is 4.74. The maximum Gasteiger partial charge on any atom is 0.138 e. The van der Waals surface area contributed by atoms with Crippen molar-refractivity contribution in [3.8, 4) is 0 Å². The van der Waals surface area contributed by atoms with Gasteiger partial charge in [-0.25, -0.2) is 0 Å². The fourth-order valence-corrected chi connectivity index (χ4v) is 3.33. The number of ketones is 1. The van der Waals surface area contributed by atoms with Crippen molar-refractivity contribution in [1.29, 1.82) is 0 Å². The first-order valence-electron chi connectivity index (χ1n) is 5.82. The Kier molecular flexibility index (Phi) is 2.43. The molecule has 0 radical (unpaired) electrons. The summed E-state index contributed by atoms with van der Waals surface area (Å²) in [6.45, 7) is 3.86. The van der Waals surface area contributed by atoms with Crippen molar-refractivity contribution in [3.63, 3.8) is 0 Å². The zero-order chi connectivity index (χ0) is 11.3. The van der Waals surface area contributed by atoms with Gasteiger partial charge in [-0.1, -0.05) is 13.8 Å². The second-order valence-corrected chi connectivity index (χ2v) is 5.57. The lowest BCUT2D eigenvalue weighted by molar-refractivity contribution is -0.189. The van der Waals surface area contributed by atoms with Crippen LogP contribution in [-0.2, 0) is 4.79 Å². The topological polar surface area (TPSA) is 57.5 Å². The molecule has 0 unspecified atom stereocenters. The van der Waals surface area contributed by atoms with E-state index in [1.54, 1.807) is 6.92 Å². The third kappa shape index (κ3) is 1.44. The van der Waals surface area contributed by atoms with E-state index in [9.17, 15) is 15.0 Å². The fraction of sp³-hybridized carbons (Fsp3) is 0.917. The van der Waals surface area contributed by atoms with Crippen LogP contribution in [0.25, 0.3) is 0 Å². The second-order valence-electron chi connectivity index (χ2n) is 5.57. The molecule has 86 valence electrons. The lowest BCUT2D eigenvalue weighted by Crippen LogP contribution is -2.60. The maximum absolute atomic E-state index is 11.7. The van der Waals surface area contributed by atoms with Crippen LogP contribution in [0, 0.1) is 11.3 Å². The molecular formula is C12H20O3. The lowest BCUT2D eigenvalue weighted by Gasteiger charge is -2.55. The highest BCUT2D eigenvalue weighted by atomic mass is 16.3. The van der Waals surface area contributed by atoms with Crippen molar-refractivity contribution in [3.05, 3.63) is 0 Å². The molecule has 0 saturated heterocycles. The molecule has 0 heterocycles. The molecule has 2 N–H and O–H groups in total. The van der Waals surface area contributed by atoms with Crippen LogP contribution < -0.4 is 0 Å². The van der Waals surface area contributed by atoms with E-state index >= 15 is 0 Å². The summed E-state index contributed by atoms with van der Waals surface area (Å²) in [4.78, 5) is 11.7. The minimum atomic E-state index is -0.986. The van der Waals surface area contributed by atoms with Crippen LogP contribution in [0.1, 0.15) is 46.0 Å². The first kappa shape index (κ1) is 11.1. The normalized spacial score (nSPS) is 51.3. The van der Waals surface area contributed by atoms with Gasteiger partial charge < -0.3 is 10.2 Å². The Morgan fingerprint density at radius 3 is 2.73 bits per heavy atom. The van der Waals surface area contributed by atoms with Gasteiger partial charge in [0.15, 0.2) is 0 Å². The summed E-state index contributed by atoms with van der Waals surface area (Å²) >= 11 is 0. The average molecular weight is 212 g/mol. The van der Waals surface area contributed by atoms with Crippen LogP contribution in [0.5, 0.6) is 0 Å². The molecule has 2 rings (SSSR count). The number of rotatable bonds is 0. The van der Waals surface area contributed by atoms with Crippen LogP contribution in [-0.4, -0.2) is 27.7 Å². The quantitative estimate of drug-likeness (QED) is 0.635. The molecule has 2 saturated carbocycles. The van der Waals surface area contributed by atoms with Gasteiger partial charge in [-0.3, -0.25) is 4.79 Å². The van der Waals surface area contributed by atoms with Gasteiger partial charge in [0.25, 0.3) is 0 Å². The van der Waals surface area contributed by atoms with E-state index in [0.29, 0.717) is 12.8 Å². The van der Waals surface area contributed by atoms with E-state index < -0.39 is 11.7 Å². The molecule has 0 aromatic heterocycles. The van der Waals surface area contributed by atoms with Gasteiger partial charge in [0.05, 0.1) is 11.7 Å². The first-order chi connectivity index (χ1) is 6.89. The number of fused-ring (bicyclic) bond motifs is 1. The lowest BCUT2D eigenvalue weighted by atomic mass is 9.53. The summed E-state index contributed by atoms with van der Waals surface area (Å²) in [7, 11) is 0. The minimum Gasteiger partial charge on any atom is -0.393 e. The third-order valence-electron chi connectivity index (χ3n) is 4.74. The van der Waals surface area contributed by atoms with Crippen molar-refractivity contribution in [1.82, 2.24) is 0 Å². The fourth-order valence-electron chi connectivity index (χ4n) is 3.33. The molecule has 0 aromatic carbocycles. The average Bonchev–Trinajstić information content (AvgIpc) is 2.18. The number of Topliss-reactive ketones (excluding diaryl/α,β-unsaturated/α-hetero) is 1. The van der Waals surface area contributed by atoms with Crippen molar-refractivity contribution < 1.29 is 15.0 Å². The number of hydrogen-bond donors (Lipinski definition) is 2. The zero-order valence-corrected chi connectivity index (χ0v) is 9.49. The predicted octanol–water partition coefficient (Wildman–Crippen LogP) is 1.27. The smallest absolute Gasteiger partial charge is 0.138 e. The van der Waals surface area contributed by atoms with E-state index in [2.05, 4.69) is 6.92 Å². The molecule has 2 fully saturated rings. The standard InChI is InChI=1S/C12H20O3/c1-8-10(14)4-6-11(2)5-3-9(13)7-12(8,11)15/h8-9,13,15H,3-7H2,1-2H3/t8-,9+,11+,12+/m0/s1. The van der Waals surface area contributed by atoms with E-state index in [1.165, 1.54) is 0 Å². The van der Waals surface area contributed by atoms with Crippen molar-refractivity contribution in [2.75, 3.05) is 0 Å². The van der Waals surface area contributed by atoms with Gasteiger partial charge in [-0.2, -0.15) is 0 Å². The Morgan fingerprint density at radius 1 is 1.40 bits per heavy atom. The van der Waals surface area contributed by atoms with E-state index in [1.807, 2.05) is 0 Å². The Bertz CT molecular complexity index is 289. The number of hydrogen-bond acceptors (Lipinski definition) is 3. The van der Waals surface area contributed by atoms with Crippen LogP contribution >= 0.6 is 0 Å². The van der Waals surface area contributed by atoms with Crippen LogP contribution in [0.2, 0.25) is 0 Å². The number of carbonyl (C=O) groups is 1. The van der Waals surface area contributed by atoms with Gasteiger partial charge in [-0.15, -0.1) is 0 Å². The van der Waals surface area contributed by atoms with E-state index in [4.69, 9.17) is 0 Å². The zero-order valence-electron chi connectivity index (χ0n) is 9.49. The van der Waals surface area contributed by atoms with Crippen molar-refractivity contribution >= 4 is 5.78 Å². The maximum atomic E-state index is 11.7. The Balaban J connectivity index is 2.34. The number of aliphatic hydroxyl groups is 2. The SMILES string of the molecule is C[C@H]1C(=O)CC[C@@]2(C)CC[C@@H](O)C[C@@]12O. The number of carbonyl (C=O) groups excluding carboxylic acids is 1. The molecular weight excluding hydrogens is 192 g/mol. The van der Waals surface area contributed by atoms with Crippen molar-refractivity contribution in [2.24, 2.45) is 11.3 Å². The van der Waals surface area contributed by atoms with Gasteiger partial charge in [-0.05, 0) is 24.7 Å². The summed E-state index contributed by atoms with van der Waals surface area (Å²) in [6.07, 6.45) is 2.82. The van der Waals surface area contributed by atoms with Crippen LogP contribution in [0.4, 0.5) is 0 Å². The summed E-state index contributed by atoms with van der Waals surface area (Å²) in [5.41, 5.74) is -1.17. The van der Waals surface area contributed by atoms with E-state index in [-0.39, 0.29) is 17.1 Å². The summed E-state index contributed by atoms with van der Waals surface area (Å²) in [6, 6.07) is 0. The molecule has 0 aromatic rings. The Labute approximate surface area is 90.5 Å². The molecule has 4 atom stereocenters. The van der Waals surface area contributed by atoms with Gasteiger partial charge >= 0.3 is 0 Å². The highest BCUT2D eigenvalue weighted by Gasteiger charge is 2.57. The Hall–Kier alpha value is -0.410. The number of aliphatic hydroxyl groups excluding tert-OH is 1. The molecule has 0 bridgehead atoms. The minimum absolute atomic E-state index is 0.143. The molecule has 3 heteroatoms. The summed E-state index contributed by atoms with van der Waals surface area (Å²) in [5, 5.41) is 20.3. The van der Waals surface area contributed by atoms with Gasteiger partial charge in [0, 0.05) is 18.8 Å². The first-order valence-corrected chi connectivity index (χ1v) is 5.82. The van der Waals surface area contributed by atoms with Gasteiger partial charge in [0.1, 0.15) is 5.78 Å². The van der Waals surface area contributed by atoms with Crippen molar-refractivity contribution in [2.45, 2.75) is 57.7 Å². The van der Waals surface area contributed by atoms with Crippen LogP contribution in [0.15, 0.2) is 0 Å². The predicted molar refractivity (Wildman–Crippen MR) is 56.3 cm³/mol. The highest BCUT2D eigenvalue weighted by Crippen LogP contribution is 2.54. The van der Waals surface area contributed by atoms with Crippen LogP contribution in [0.3, 0.4) is 0 Å². The highest BCUT2D eigenvalue weighted by molar-refractivity contribution is 5.83. The molecule has 2 aliphatic rings. The van der Waals surface area contributed by atoms with Gasteiger partial charge in [0.2, 0.25) is 0 Å². The monoisotopic (exact) mass is 212 g/mol. The summed E-state index contributed by atoms with van der Waals surface area (Å²) < 4.78 is 0. The molecule has 0 aliphatic heterocycles. The van der Waals surface area contributed by atoms with E-state index in [0.717, 1.165) is 19.3 Å². The molecule has 0 spiro atoms. The molecule has 3 nitrogen and oxygen atoms in total. The largest absolute Gasteiger partial charge is 0.393 e. The summed E-state index contributed by atoms with van der Waals surface area (Å²) in [5.74, 6) is -0.185. The molecule has 2 aliphatic carbocycles. The molecule has 15 heavy (non-hydrogen) atoms. The Morgan fingerprint density at radius 2 is 2.07 bits per heavy atom. The molecule has 0 amide bonds. The second kappa shape index (κ2) is 3.29.